The lowest BCUT2D eigenvalue weighted by Crippen LogP contribution is -2.60. The van der Waals surface area contributed by atoms with Gasteiger partial charge in [-0.15, -0.1) is 0 Å². The first-order valence-electron chi connectivity index (χ1n) is 8.69. The third kappa shape index (κ3) is 5.71. The van der Waals surface area contributed by atoms with E-state index in [1.165, 1.54) is 44.9 Å². The zero-order valence-electron chi connectivity index (χ0n) is 13.9. The van der Waals surface area contributed by atoms with Crippen LogP contribution in [0.3, 0.4) is 0 Å². The molecule has 3 heteroatoms. The Morgan fingerprint density at radius 2 is 1.90 bits per heavy atom. The second-order valence-electron chi connectivity index (χ2n) is 6.75. The fraction of sp³-hybridized carbons (Fsp3) is 1.00. The van der Waals surface area contributed by atoms with Crippen LogP contribution in [0.5, 0.6) is 0 Å². The number of rotatable bonds is 10. The molecular formula is C17H36NO2+. The van der Waals surface area contributed by atoms with Crippen LogP contribution in [0.25, 0.3) is 0 Å². The first-order valence-corrected chi connectivity index (χ1v) is 8.69. The van der Waals surface area contributed by atoms with Gasteiger partial charge in [-0.25, -0.2) is 0 Å². The molecule has 1 heterocycles. The van der Waals surface area contributed by atoms with Gasteiger partial charge >= 0.3 is 0 Å². The highest BCUT2D eigenvalue weighted by molar-refractivity contribution is 4.66. The zero-order chi connectivity index (χ0) is 14.8. The molecule has 3 nitrogen and oxygen atoms in total. The number of quaternary nitrogens is 1. The fourth-order valence-electron chi connectivity index (χ4n) is 3.66. The van der Waals surface area contributed by atoms with E-state index in [0.717, 1.165) is 36.7 Å². The maximum absolute atomic E-state index is 9.30. The molecule has 0 aliphatic carbocycles. The number of nitrogens with zero attached hydrogens (tertiary/aromatic N) is 1. The number of aliphatic hydroxyl groups excluding tert-OH is 1. The molecule has 0 radical (unpaired) electrons. The van der Waals surface area contributed by atoms with Crippen LogP contribution in [0.2, 0.25) is 0 Å². The molecule has 20 heavy (non-hydrogen) atoms. The van der Waals surface area contributed by atoms with Crippen LogP contribution in [0.15, 0.2) is 0 Å². The normalized spacial score (nSPS) is 27.1. The van der Waals surface area contributed by atoms with E-state index in [1.807, 2.05) is 0 Å². The summed E-state index contributed by atoms with van der Waals surface area (Å²) in [6.07, 6.45) is 9.34. The molecule has 0 aromatic rings. The van der Waals surface area contributed by atoms with Crippen molar-refractivity contribution in [3.63, 3.8) is 0 Å². The van der Waals surface area contributed by atoms with Gasteiger partial charge in [0.05, 0.1) is 26.9 Å². The van der Waals surface area contributed by atoms with E-state index in [-0.39, 0.29) is 0 Å². The summed E-state index contributed by atoms with van der Waals surface area (Å²) >= 11 is 0. The lowest BCUT2D eigenvalue weighted by molar-refractivity contribution is -0.941. The molecule has 1 fully saturated rings. The molecule has 1 saturated heterocycles. The van der Waals surface area contributed by atoms with Gasteiger partial charge in [0.25, 0.3) is 0 Å². The molecule has 0 spiro atoms. The van der Waals surface area contributed by atoms with Gasteiger partial charge < -0.3 is 14.3 Å². The molecule has 1 rings (SSSR count). The van der Waals surface area contributed by atoms with Crippen LogP contribution in [-0.4, -0.2) is 55.6 Å². The Morgan fingerprint density at radius 1 is 1.20 bits per heavy atom. The third-order valence-corrected chi connectivity index (χ3v) is 5.09. The van der Waals surface area contributed by atoms with Crippen LogP contribution in [0.1, 0.15) is 58.8 Å². The summed E-state index contributed by atoms with van der Waals surface area (Å²) in [5.74, 6) is 0.922. The second-order valence-corrected chi connectivity index (χ2v) is 6.75. The predicted octanol–water partition coefficient (Wildman–Crippen LogP) is 3.21. The Kier molecular flexibility index (Phi) is 8.74. The minimum Gasteiger partial charge on any atom is -0.391 e. The minimum atomic E-state index is 0.293. The molecular weight excluding hydrogens is 250 g/mol. The monoisotopic (exact) mass is 286 g/mol. The van der Waals surface area contributed by atoms with E-state index in [2.05, 4.69) is 20.9 Å². The van der Waals surface area contributed by atoms with E-state index in [0.29, 0.717) is 12.6 Å². The number of ether oxygens (including phenoxy) is 1. The third-order valence-electron chi connectivity index (χ3n) is 5.09. The Bertz CT molecular complexity index is 237. The van der Waals surface area contributed by atoms with Crippen molar-refractivity contribution in [2.45, 2.75) is 64.8 Å². The highest BCUT2D eigenvalue weighted by atomic mass is 16.5. The number of hydrogen-bond donors (Lipinski definition) is 1. The molecule has 120 valence electrons. The molecule has 1 aliphatic rings. The molecule has 0 aromatic heterocycles. The van der Waals surface area contributed by atoms with Gasteiger partial charge in [0.1, 0.15) is 19.1 Å². The molecule has 1 N–H and O–H groups in total. The summed E-state index contributed by atoms with van der Waals surface area (Å²) in [6, 6.07) is 0.583. The van der Waals surface area contributed by atoms with E-state index >= 15 is 0 Å². The Hall–Kier alpha value is -0.120. The number of morpholine rings is 1. The molecule has 1 aliphatic heterocycles. The summed E-state index contributed by atoms with van der Waals surface area (Å²) in [5, 5.41) is 9.30. The Balaban J connectivity index is 2.37. The van der Waals surface area contributed by atoms with E-state index in [9.17, 15) is 5.11 Å². The molecule has 0 aromatic carbocycles. The zero-order valence-corrected chi connectivity index (χ0v) is 13.9. The molecule has 2 unspecified atom stereocenters. The average Bonchev–Trinajstić information content (AvgIpc) is 2.42. The van der Waals surface area contributed by atoms with Crippen LogP contribution in [-0.2, 0) is 4.74 Å². The fourth-order valence-corrected chi connectivity index (χ4v) is 3.66. The van der Waals surface area contributed by atoms with Crippen molar-refractivity contribution in [3.05, 3.63) is 0 Å². The lowest BCUT2D eigenvalue weighted by Gasteiger charge is -2.44. The van der Waals surface area contributed by atoms with Crippen molar-refractivity contribution in [3.8, 4) is 0 Å². The van der Waals surface area contributed by atoms with Crippen molar-refractivity contribution >= 4 is 0 Å². The molecule has 2 atom stereocenters. The highest BCUT2D eigenvalue weighted by Gasteiger charge is 2.35. The van der Waals surface area contributed by atoms with E-state index < -0.39 is 0 Å². The van der Waals surface area contributed by atoms with Gasteiger partial charge in [-0.3, -0.25) is 0 Å². The predicted molar refractivity (Wildman–Crippen MR) is 84.8 cm³/mol. The summed E-state index contributed by atoms with van der Waals surface area (Å²) in [7, 11) is 2.29. The lowest BCUT2D eigenvalue weighted by atomic mass is 9.91. The SMILES string of the molecule is CCCC(CCC)CCCC1COCC[N+]1(C)CCO. The Labute approximate surface area is 125 Å². The van der Waals surface area contributed by atoms with Crippen LogP contribution < -0.4 is 0 Å². The van der Waals surface area contributed by atoms with Crippen LogP contribution in [0.4, 0.5) is 0 Å². The van der Waals surface area contributed by atoms with Gasteiger partial charge in [-0.1, -0.05) is 46.0 Å². The summed E-state index contributed by atoms with van der Waals surface area (Å²) in [5.41, 5.74) is 0. The first-order chi connectivity index (χ1) is 9.66. The standard InChI is InChI=1S/C17H36NO2/c1-4-7-16(8-5-2)9-6-10-17-15-20-14-12-18(17,3)11-13-19/h16-17,19H,4-15H2,1-3H3/q+1. The maximum atomic E-state index is 9.30. The van der Waals surface area contributed by atoms with Crippen LogP contribution >= 0.6 is 0 Å². The quantitative estimate of drug-likeness (QED) is 0.625. The van der Waals surface area contributed by atoms with E-state index in [4.69, 9.17) is 4.74 Å². The second kappa shape index (κ2) is 9.75. The smallest absolute Gasteiger partial charge is 0.113 e. The minimum absolute atomic E-state index is 0.293. The molecule has 0 saturated carbocycles. The summed E-state index contributed by atoms with van der Waals surface area (Å²) in [4.78, 5) is 0. The number of hydrogen-bond acceptors (Lipinski definition) is 2. The average molecular weight is 286 g/mol. The highest BCUT2D eigenvalue weighted by Crippen LogP contribution is 2.24. The van der Waals surface area contributed by atoms with Crippen molar-refractivity contribution in [1.29, 1.82) is 0 Å². The maximum Gasteiger partial charge on any atom is 0.113 e. The number of aliphatic hydroxyl groups is 1. The largest absolute Gasteiger partial charge is 0.391 e. The van der Waals surface area contributed by atoms with E-state index in [1.54, 1.807) is 0 Å². The van der Waals surface area contributed by atoms with Gasteiger partial charge in [-0.2, -0.15) is 0 Å². The van der Waals surface area contributed by atoms with Gasteiger partial charge in [-0.05, 0) is 12.3 Å². The van der Waals surface area contributed by atoms with Crippen molar-refractivity contribution in [2.75, 3.05) is 40.0 Å². The van der Waals surface area contributed by atoms with Crippen molar-refractivity contribution < 1.29 is 14.3 Å². The molecule has 0 bridgehead atoms. The van der Waals surface area contributed by atoms with Crippen molar-refractivity contribution in [1.82, 2.24) is 0 Å². The summed E-state index contributed by atoms with van der Waals surface area (Å²) in [6.45, 7) is 8.55. The van der Waals surface area contributed by atoms with Gasteiger partial charge in [0, 0.05) is 6.42 Å². The van der Waals surface area contributed by atoms with Crippen LogP contribution in [0, 0.1) is 5.92 Å². The van der Waals surface area contributed by atoms with Gasteiger partial charge in [0.2, 0.25) is 0 Å². The topological polar surface area (TPSA) is 29.5 Å². The summed E-state index contributed by atoms with van der Waals surface area (Å²) < 4.78 is 6.68. The Morgan fingerprint density at radius 3 is 2.50 bits per heavy atom. The van der Waals surface area contributed by atoms with Gasteiger partial charge in [0.15, 0.2) is 0 Å². The van der Waals surface area contributed by atoms with Crippen molar-refractivity contribution in [2.24, 2.45) is 5.92 Å². The first kappa shape index (κ1) is 17.9. The molecule has 0 amide bonds. The number of likely N-dealkylation sites (N-methyl/N-ethyl adjacent to an activating group) is 1.